The number of carboxylic acids is 1. The van der Waals surface area contributed by atoms with Crippen molar-refractivity contribution in [1.29, 1.82) is 0 Å². The Hall–Kier alpha value is -2.47. The van der Waals surface area contributed by atoms with Gasteiger partial charge in [-0.3, -0.25) is 0 Å². The lowest BCUT2D eigenvalue weighted by Crippen LogP contribution is -2.04. The molecule has 29 heavy (non-hydrogen) atoms. The second-order valence-electron chi connectivity index (χ2n) is 4.46. The number of rotatable bonds is 2. The highest BCUT2D eigenvalue weighted by atomic mass is 36.0. The van der Waals surface area contributed by atoms with E-state index in [0.29, 0.717) is 0 Å². The van der Waals surface area contributed by atoms with Crippen molar-refractivity contribution >= 4 is 53.9 Å². The lowest BCUT2D eigenvalue weighted by molar-refractivity contribution is 0.0594. The molecule has 13 heteroatoms. The Morgan fingerprint density at radius 1 is 0.966 bits per heavy atom. The topological polar surface area (TPSA) is 153 Å². The van der Waals surface area contributed by atoms with E-state index >= 15 is 0 Å². The number of anilines is 2. The maximum absolute atomic E-state index is 12.9. The van der Waals surface area contributed by atoms with E-state index in [1.54, 1.807) is 0 Å². The lowest BCUT2D eigenvalue weighted by atomic mass is 10.2. The number of aliphatic hydroxyl groups is 1. The molecule has 0 amide bonds. The number of benzene rings is 2. The van der Waals surface area contributed by atoms with Crippen molar-refractivity contribution in [3.8, 4) is 0 Å². The van der Waals surface area contributed by atoms with E-state index in [2.05, 4.69) is 26.1 Å². The van der Waals surface area contributed by atoms with Crippen LogP contribution in [0.25, 0.3) is 0 Å². The Morgan fingerprint density at radius 2 is 1.31 bits per heavy atom. The Labute approximate surface area is 176 Å². The Bertz CT molecular complexity index is 839. The van der Waals surface area contributed by atoms with Crippen molar-refractivity contribution in [2.45, 2.75) is 0 Å². The maximum atomic E-state index is 12.9. The molecule has 0 radical (unpaired) electrons. The SMILES string of the molecule is CO.COC(=O)c1ccc(N)cc1F.Nc1ccc(C(=O)O)c(F)c1.O=S(Cl)Cl. The van der Waals surface area contributed by atoms with Gasteiger partial charge in [0.25, 0.3) is 0 Å². The number of aliphatic hydroxyl groups excluding tert-OH is 1. The Morgan fingerprint density at radius 3 is 1.59 bits per heavy atom. The molecule has 0 heterocycles. The van der Waals surface area contributed by atoms with Crippen LogP contribution >= 0.6 is 21.4 Å². The molecule has 0 spiro atoms. The highest BCUT2D eigenvalue weighted by molar-refractivity contribution is 8.26. The normalized spacial score (nSPS) is 8.97. The van der Waals surface area contributed by atoms with Gasteiger partial charge in [-0.25, -0.2) is 22.6 Å². The van der Waals surface area contributed by atoms with E-state index in [9.17, 15) is 18.4 Å². The summed E-state index contributed by atoms with van der Waals surface area (Å²) < 4.78 is 39.0. The number of nitrogen functional groups attached to an aromatic ring is 2. The number of ether oxygens (including phenoxy) is 1. The van der Waals surface area contributed by atoms with Gasteiger partial charge < -0.3 is 26.4 Å². The van der Waals surface area contributed by atoms with Crippen LogP contribution in [0.5, 0.6) is 0 Å². The van der Waals surface area contributed by atoms with Crippen molar-refractivity contribution in [1.82, 2.24) is 0 Å². The summed E-state index contributed by atoms with van der Waals surface area (Å²) in [5.41, 5.74) is 10.5. The summed E-state index contributed by atoms with van der Waals surface area (Å²) in [6.07, 6.45) is 0. The number of carbonyl (C=O) groups excluding carboxylic acids is 1. The molecule has 0 aromatic heterocycles. The van der Waals surface area contributed by atoms with Crippen molar-refractivity contribution in [2.24, 2.45) is 0 Å². The number of nitrogens with two attached hydrogens (primary N) is 2. The second kappa shape index (κ2) is 15.5. The summed E-state index contributed by atoms with van der Waals surface area (Å²) in [5, 5.41) is 15.4. The van der Waals surface area contributed by atoms with Crippen LogP contribution in [-0.2, 0) is 14.0 Å². The van der Waals surface area contributed by atoms with Crippen LogP contribution in [0, 0.1) is 11.6 Å². The zero-order chi connectivity index (χ0) is 23.1. The average Bonchev–Trinajstić information content (AvgIpc) is 2.62. The average molecular weight is 475 g/mol. The third-order valence-corrected chi connectivity index (χ3v) is 2.62. The molecule has 0 saturated carbocycles. The zero-order valence-electron chi connectivity index (χ0n) is 15.1. The first kappa shape index (κ1) is 28.7. The first-order valence-electron chi connectivity index (χ1n) is 7.10. The van der Waals surface area contributed by atoms with Crippen LogP contribution < -0.4 is 11.5 Å². The van der Waals surface area contributed by atoms with Crippen LogP contribution in [0.15, 0.2) is 36.4 Å². The third-order valence-electron chi connectivity index (χ3n) is 2.62. The van der Waals surface area contributed by atoms with Gasteiger partial charge >= 0.3 is 11.9 Å². The molecule has 2 rings (SSSR count). The molecule has 2 aromatic carbocycles. The number of carbonyl (C=O) groups is 2. The monoisotopic (exact) mass is 474 g/mol. The number of esters is 1. The molecule has 0 unspecified atom stereocenters. The second-order valence-corrected chi connectivity index (χ2v) is 6.98. The smallest absolute Gasteiger partial charge is 0.340 e. The number of hydrogen-bond donors (Lipinski definition) is 4. The summed E-state index contributed by atoms with van der Waals surface area (Å²) in [4.78, 5) is 21.1. The summed E-state index contributed by atoms with van der Waals surface area (Å²) in [5.74, 6) is -3.46. The van der Waals surface area contributed by atoms with Crippen LogP contribution in [0.4, 0.5) is 20.2 Å². The minimum atomic E-state index is -1.67. The molecular weight excluding hydrogens is 457 g/mol. The highest BCUT2D eigenvalue weighted by Gasteiger charge is 2.11. The molecule has 0 fully saturated rings. The van der Waals surface area contributed by atoms with Crippen LogP contribution in [-0.4, -0.2) is 40.6 Å². The van der Waals surface area contributed by atoms with Gasteiger partial charge in [0.2, 0.25) is 9.23 Å². The molecule has 162 valence electrons. The number of halogens is 4. The standard InChI is InChI=1S/C8H8FNO2.C7H6FNO2.CH4O.Cl2OS/c1-12-8(11)6-3-2-5(10)4-7(6)9;8-6-3-4(9)1-2-5(6)7(10)11;1-2;1-4(2)3/h2-4H,10H2,1H3;1-3H,9H2,(H,10,11);2H,1H3;. The fourth-order valence-corrected chi connectivity index (χ4v) is 1.51. The number of aromatic carboxylic acids is 1. The van der Waals surface area contributed by atoms with E-state index in [0.717, 1.165) is 25.3 Å². The molecule has 2 aromatic rings. The summed E-state index contributed by atoms with van der Waals surface area (Å²) in [6.45, 7) is 0. The summed E-state index contributed by atoms with van der Waals surface area (Å²) in [7, 11) is 9.55. The van der Waals surface area contributed by atoms with Gasteiger partial charge in [0, 0.05) is 39.8 Å². The van der Waals surface area contributed by atoms with Crippen LogP contribution in [0.2, 0.25) is 0 Å². The molecular formula is C16H18Cl2F2N2O6S. The van der Waals surface area contributed by atoms with E-state index in [-0.39, 0.29) is 22.5 Å². The largest absolute Gasteiger partial charge is 0.478 e. The van der Waals surface area contributed by atoms with Gasteiger partial charge in [-0.1, -0.05) is 0 Å². The molecule has 8 nitrogen and oxygen atoms in total. The Kier molecular flexibility index (Phi) is 15.3. The Balaban J connectivity index is 0. The van der Waals surface area contributed by atoms with Crippen LogP contribution in [0.1, 0.15) is 20.7 Å². The van der Waals surface area contributed by atoms with Gasteiger partial charge in [0.15, 0.2) is 0 Å². The minimum absolute atomic E-state index is 0.105. The predicted octanol–water partition coefficient (Wildman–Crippen LogP) is 2.95. The fraction of sp³-hybridized carbons (Fsp3) is 0.125. The van der Waals surface area contributed by atoms with E-state index in [1.807, 2.05) is 0 Å². The van der Waals surface area contributed by atoms with Gasteiger partial charge in [-0.05, 0) is 36.4 Å². The minimum Gasteiger partial charge on any atom is -0.478 e. The maximum Gasteiger partial charge on any atom is 0.340 e. The van der Waals surface area contributed by atoms with Gasteiger partial charge in [-0.2, -0.15) is 0 Å². The quantitative estimate of drug-likeness (QED) is 0.294. The van der Waals surface area contributed by atoms with Crippen LogP contribution in [0.3, 0.4) is 0 Å². The van der Waals surface area contributed by atoms with E-state index in [1.165, 1.54) is 25.3 Å². The molecule has 0 aliphatic rings. The fourth-order valence-electron chi connectivity index (χ4n) is 1.51. The molecule has 0 bridgehead atoms. The molecule has 0 atom stereocenters. The molecule has 6 N–H and O–H groups in total. The van der Waals surface area contributed by atoms with Gasteiger partial charge in [-0.15, -0.1) is 0 Å². The van der Waals surface area contributed by atoms with Crippen molar-refractivity contribution in [2.75, 3.05) is 25.7 Å². The van der Waals surface area contributed by atoms with E-state index in [4.69, 9.17) is 25.9 Å². The molecule has 0 aliphatic carbocycles. The number of carboxylic acid groups (broad SMARTS) is 1. The number of methoxy groups -OCH3 is 1. The zero-order valence-corrected chi connectivity index (χ0v) is 17.4. The first-order chi connectivity index (χ1) is 13.5. The van der Waals surface area contributed by atoms with Crippen molar-refractivity contribution in [3.05, 3.63) is 59.2 Å². The van der Waals surface area contributed by atoms with Gasteiger partial charge in [0.1, 0.15) is 11.6 Å². The third kappa shape index (κ3) is 12.6. The predicted molar refractivity (Wildman–Crippen MR) is 108 cm³/mol. The highest BCUT2D eigenvalue weighted by Crippen LogP contribution is 2.12. The summed E-state index contributed by atoms with van der Waals surface area (Å²) >= 11 is 0. The first-order valence-corrected chi connectivity index (χ1v) is 9.90. The summed E-state index contributed by atoms with van der Waals surface area (Å²) in [6, 6.07) is 7.25. The number of hydrogen-bond acceptors (Lipinski definition) is 7. The van der Waals surface area contributed by atoms with Gasteiger partial charge in [0.05, 0.1) is 18.2 Å². The van der Waals surface area contributed by atoms with Crippen molar-refractivity contribution < 1.29 is 37.5 Å². The lowest BCUT2D eigenvalue weighted by Gasteiger charge is -2.00. The molecule has 0 saturated heterocycles. The van der Waals surface area contributed by atoms with E-state index < -0.39 is 32.8 Å². The molecule has 0 aliphatic heterocycles. The van der Waals surface area contributed by atoms with Crippen molar-refractivity contribution in [3.63, 3.8) is 0 Å².